The summed E-state index contributed by atoms with van der Waals surface area (Å²) < 4.78 is 9.63. The summed E-state index contributed by atoms with van der Waals surface area (Å²) in [5, 5.41) is 0. The molecule has 4 heteroatoms. The van der Waals surface area contributed by atoms with Crippen LogP contribution in [0.4, 0.5) is 0 Å². The smallest absolute Gasteiger partial charge is 0.311 e. The van der Waals surface area contributed by atoms with Crippen LogP contribution >= 0.6 is 0 Å². The van der Waals surface area contributed by atoms with Crippen molar-refractivity contribution in [3.8, 4) is 0 Å². The highest BCUT2D eigenvalue weighted by atomic mass is 16.5. The lowest BCUT2D eigenvalue weighted by Crippen LogP contribution is -2.18. The van der Waals surface area contributed by atoms with Gasteiger partial charge in [0.25, 0.3) is 0 Å². The molecule has 4 nitrogen and oxygen atoms in total. The van der Waals surface area contributed by atoms with E-state index in [1.807, 2.05) is 0 Å². The Kier molecular flexibility index (Phi) is 2.81. The van der Waals surface area contributed by atoms with E-state index < -0.39 is 6.10 Å². The van der Waals surface area contributed by atoms with Crippen LogP contribution < -0.4 is 0 Å². The van der Waals surface area contributed by atoms with Crippen molar-refractivity contribution >= 4 is 11.8 Å². The van der Waals surface area contributed by atoms with Crippen molar-refractivity contribution in [3.05, 3.63) is 0 Å². The van der Waals surface area contributed by atoms with Crippen molar-refractivity contribution in [2.75, 3.05) is 13.7 Å². The van der Waals surface area contributed by atoms with Crippen LogP contribution in [0.1, 0.15) is 13.3 Å². The van der Waals surface area contributed by atoms with Crippen LogP contribution in [0.5, 0.6) is 0 Å². The fourth-order valence-electron chi connectivity index (χ4n) is 1.24. The molecule has 1 heterocycles. The van der Waals surface area contributed by atoms with Gasteiger partial charge in [-0.1, -0.05) is 0 Å². The molecule has 0 amide bonds. The predicted molar refractivity (Wildman–Crippen MR) is 40.5 cm³/mol. The summed E-state index contributed by atoms with van der Waals surface area (Å²) in [7, 11) is 1.34. The molecule has 0 bridgehead atoms. The number of hydrogen-bond donors (Lipinski definition) is 0. The van der Waals surface area contributed by atoms with Gasteiger partial charge in [-0.3, -0.25) is 9.59 Å². The summed E-state index contributed by atoms with van der Waals surface area (Å²) in [6.07, 6.45) is 0.0521. The number of ether oxygens (including phenoxy) is 2. The number of carbonyl (C=O) groups is 2. The maximum Gasteiger partial charge on any atom is 0.311 e. The fraction of sp³-hybridized carbons (Fsp3) is 0.750. The molecule has 1 aliphatic heterocycles. The molecule has 12 heavy (non-hydrogen) atoms. The van der Waals surface area contributed by atoms with E-state index in [0.29, 0.717) is 13.0 Å². The first-order chi connectivity index (χ1) is 5.65. The zero-order chi connectivity index (χ0) is 9.14. The molecule has 68 valence electrons. The maximum absolute atomic E-state index is 11.0. The van der Waals surface area contributed by atoms with Crippen LogP contribution in [0, 0.1) is 5.92 Å². The minimum absolute atomic E-state index is 0.0265. The van der Waals surface area contributed by atoms with Gasteiger partial charge in [0.2, 0.25) is 0 Å². The number of carbonyl (C=O) groups excluding carboxylic acids is 2. The molecule has 0 unspecified atom stereocenters. The molecule has 1 aliphatic rings. The maximum atomic E-state index is 11.0. The lowest BCUT2D eigenvalue weighted by atomic mass is 10.0. The van der Waals surface area contributed by atoms with Crippen LogP contribution in [0.15, 0.2) is 0 Å². The second-order valence-corrected chi connectivity index (χ2v) is 2.89. The quantitative estimate of drug-likeness (QED) is 0.556. The molecule has 0 aliphatic carbocycles. The van der Waals surface area contributed by atoms with Gasteiger partial charge in [-0.25, -0.2) is 0 Å². The zero-order valence-corrected chi connectivity index (χ0v) is 7.20. The van der Waals surface area contributed by atoms with Gasteiger partial charge in [-0.2, -0.15) is 0 Å². The third-order valence-corrected chi connectivity index (χ3v) is 1.99. The normalized spacial score (nSPS) is 28.5. The first kappa shape index (κ1) is 9.19. The number of hydrogen-bond acceptors (Lipinski definition) is 4. The zero-order valence-electron chi connectivity index (χ0n) is 7.20. The Labute approximate surface area is 70.8 Å². The summed E-state index contributed by atoms with van der Waals surface area (Å²) in [6.45, 7) is 1.77. The summed E-state index contributed by atoms with van der Waals surface area (Å²) in [5.74, 6) is -0.580. The third-order valence-electron chi connectivity index (χ3n) is 1.99. The second kappa shape index (κ2) is 3.67. The van der Waals surface area contributed by atoms with Crippen LogP contribution in [-0.4, -0.2) is 31.6 Å². The van der Waals surface area contributed by atoms with E-state index >= 15 is 0 Å². The summed E-state index contributed by atoms with van der Waals surface area (Å²) in [6, 6.07) is 0. The van der Waals surface area contributed by atoms with E-state index in [9.17, 15) is 9.59 Å². The molecule has 0 aromatic rings. The van der Waals surface area contributed by atoms with E-state index in [4.69, 9.17) is 4.74 Å². The van der Waals surface area contributed by atoms with Gasteiger partial charge >= 0.3 is 5.97 Å². The number of ketones is 1. The minimum Gasteiger partial charge on any atom is -0.469 e. The van der Waals surface area contributed by atoms with Gasteiger partial charge in [0.05, 0.1) is 19.6 Å². The molecule has 0 spiro atoms. The summed E-state index contributed by atoms with van der Waals surface area (Å²) >= 11 is 0. The van der Waals surface area contributed by atoms with E-state index in [1.165, 1.54) is 14.0 Å². The van der Waals surface area contributed by atoms with E-state index in [0.717, 1.165) is 0 Å². The van der Waals surface area contributed by atoms with E-state index in [2.05, 4.69) is 4.74 Å². The highest BCUT2D eigenvalue weighted by molar-refractivity contribution is 5.82. The van der Waals surface area contributed by atoms with Crippen LogP contribution in [0.3, 0.4) is 0 Å². The Bertz CT molecular complexity index is 199. The Morgan fingerprint density at radius 3 is 2.58 bits per heavy atom. The monoisotopic (exact) mass is 172 g/mol. The van der Waals surface area contributed by atoms with Crippen molar-refractivity contribution in [2.24, 2.45) is 5.92 Å². The topological polar surface area (TPSA) is 52.6 Å². The molecule has 1 rings (SSSR count). The van der Waals surface area contributed by atoms with Gasteiger partial charge in [-0.15, -0.1) is 0 Å². The van der Waals surface area contributed by atoms with Crippen molar-refractivity contribution in [1.82, 2.24) is 0 Å². The lowest BCUT2D eigenvalue weighted by Gasteiger charge is -2.03. The van der Waals surface area contributed by atoms with E-state index in [1.54, 1.807) is 0 Å². The van der Waals surface area contributed by atoms with Crippen LogP contribution in [0.2, 0.25) is 0 Å². The largest absolute Gasteiger partial charge is 0.469 e. The molecule has 0 aromatic heterocycles. The van der Waals surface area contributed by atoms with Crippen molar-refractivity contribution in [1.29, 1.82) is 0 Å². The number of esters is 1. The molecule has 0 aromatic carbocycles. The van der Waals surface area contributed by atoms with Crippen molar-refractivity contribution < 1.29 is 19.1 Å². The Morgan fingerprint density at radius 2 is 2.17 bits per heavy atom. The molecule has 2 atom stereocenters. The Balaban J connectivity index is 2.45. The van der Waals surface area contributed by atoms with Gasteiger partial charge < -0.3 is 9.47 Å². The molecular formula is C8H12O4. The number of methoxy groups -OCH3 is 1. The van der Waals surface area contributed by atoms with E-state index in [-0.39, 0.29) is 17.7 Å². The molecular weight excluding hydrogens is 160 g/mol. The van der Waals surface area contributed by atoms with Crippen molar-refractivity contribution in [2.45, 2.75) is 19.4 Å². The third kappa shape index (κ3) is 1.82. The van der Waals surface area contributed by atoms with Gasteiger partial charge in [0, 0.05) is 0 Å². The molecule has 0 radical (unpaired) electrons. The molecule has 1 fully saturated rings. The highest BCUT2D eigenvalue weighted by Crippen LogP contribution is 2.20. The first-order valence-corrected chi connectivity index (χ1v) is 3.85. The fourth-order valence-corrected chi connectivity index (χ4v) is 1.24. The average molecular weight is 172 g/mol. The van der Waals surface area contributed by atoms with Crippen molar-refractivity contribution in [3.63, 3.8) is 0 Å². The van der Waals surface area contributed by atoms with Gasteiger partial charge in [0.1, 0.15) is 6.10 Å². The van der Waals surface area contributed by atoms with Crippen LogP contribution in [-0.2, 0) is 19.1 Å². The average Bonchev–Trinajstić information content (AvgIpc) is 2.51. The summed E-state index contributed by atoms with van der Waals surface area (Å²) in [4.78, 5) is 21.8. The van der Waals surface area contributed by atoms with Gasteiger partial charge in [-0.05, 0) is 13.3 Å². The Hall–Kier alpha value is -0.900. The SMILES string of the molecule is COC(=O)[C@H]1CO[C@H](C(C)=O)C1. The summed E-state index contributed by atoms with van der Waals surface area (Å²) in [5.41, 5.74) is 0. The number of rotatable bonds is 2. The minimum atomic E-state index is -0.408. The Morgan fingerprint density at radius 1 is 1.50 bits per heavy atom. The van der Waals surface area contributed by atoms with Gasteiger partial charge in [0.15, 0.2) is 5.78 Å². The van der Waals surface area contributed by atoms with Crippen LogP contribution in [0.25, 0.3) is 0 Å². The molecule has 1 saturated heterocycles. The molecule has 0 saturated carbocycles. The molecule has 0 N–H and O–H groups in total. The standard InChI is InChI=1S/C8H12O4/c1-5(9)7-3-6(4-12-7)8(10)11-2/h6-7H,3-4H2,1-2H3/t6-,7+/m1/s1. The predicted octanol–water partition coefficient (Wildman–Crippen LogP) is 0.153. The number of Topliss-reactive ketones (excluding diaryl/α,β-unsaturated/α-hetero) is 1. The lowest BCUT2D eigenvalue weighted by molar-refractivity contribution is -0.145. The second-order valence-electron chi connectivity index (χ2n) is 2.89. The first-order valence-electron chi connectivity index (χ1n) is 3.85. The highest BCUT2D eigenvalue weighted by Gasteiger charge is 2.33.